The third-order valence-electron chi connectivity index (χ3n) is 4.34. The highest BCUT2D eigenvalue weighted by Crippen LogP contribution is 2.18. The van der Waals surface area contributed by atoms with Crippen molar-refractivity contribution in [3.8, 4) is 11.4 Å². The molecule has 3 rings (SSSR count). The summed E-state index contributed by atoms with van der Waals surface area (Å²) in [6, 6.07) is 12.7. The Labute approximate surface area is 175 Å². The Morgan fingerprint density at radius 1 is 1.20 bits per heavy atom. The summed E-state index contributed by atoms with van der Waals surface area (Å²) in [5.41, 5.74) is 2.10. The van der Waals surface area contributed by atoms with Crippen molar-refractivity contribution in [2.45, 2.75) is 13.0 Å². The van der Waals surface area contributed by atoms with E-state index in [0.29, 0.717) is 31.4 Å². The molecule has 8 heteroatoms. The average molecular weight is 411 g/mol. The predicted octanol–water partition coefficient (Wildman–Crippen LogP) is 3.61. The summed E-state index contributed by atoms with van der Waals surface area (Å²) in [5.74, 6) is 1.03. The number of anilines is 1. The maximum absolute atomic E-state index is 14.4. The number of aromatic nitrogens is 2. The van der Waals surface area contributed by atoms with Crippen molar-refractivity contribution in [2.75, 3.05) is 32.7 Å². The summed E-state index contributed by atoms with van der Waals surface area (Å²) in [5, 5.41) is 6.41. The first kappa shape index (κ1) is 21.3. The van der Waals surface area contributed by atoms with Gasteiger partial charge in [-0.2, -0.15) is 0 Å². The minimum atomic E-state index is -0.312. The topological polar surface area (TPSA) is 72.7 Å². The molecule has 2 N–H and O–H groups in total. The number of benzene rings is 2. The van der Waals surface area contributed by atoms with Gasteiger partial charge in [0.15, 0.2) is 5.96 Å². The van der Waals surface area contributed by atoms with Crippen LogP contribution in [0.1, 0.15) is 12.0 Å². The van der Waals surface area contributed by atoms with Crippen LogP contribution in [0.25, 0.3) is 5.69 Å². The lowest BCUT2D eigenvalue weighted by molar-refractivity contribution is 0.172. The molecule has 0 atom stereocenters. The van der Waals surface area contributed by atoms with Gasteiger partial charge in [0.05, 0.1) is 18.6 Å². The number of nitrogens with one attached hydrogen (secondary N) is 2. The standard InChI is InChI=1S/C22H26FN5O2/c1-24-22(27-18-5-3-6-19(14-18)30-12-4-11-29-2)26-15-17-7-8-21(20(23)13-17)28-10-9-25-16-28/h3,5-10,13-14,16H,4,11-12,15H2,1-2H3,(H2,24,26,27). The van der Waals surface area contributed by atoms with E-state index in [4.69, 9.17) is 9.47 Å². The van der Waals surface area contributed by atoms with E-state index in [1.54, 1.807) is 43.5 Å². The maximum Gasteiger partial charge on any atom is 0.195 e. The van der Waals surface area contributed by atoms with Gasteiger partial charge >= 0.3 is 0 Å². The van der Waals surface area contributed by atoms with Crippen LogP contribution in [0.5, 0.6) is 5.75 Å². The van der Waals surface area contributed by atoms with Gasteiger partial charge in [0.1, 0.15) is 11.6 Å². The molecule has 0 unspecified atom stereocenters. The van der Waals surface area contributed by atoms with Crippen molar-refractivity contribution in [1.82, 2.24) is 14.9 Å². The fraction of sp³-hybridized carbons (Fsp3) is 0.273. The smallest absolute Gasteiger partial charge is 0.195 e. The molecule has 0 aliphatic carbocycles. The van der Waals surface area contributed by atoms with Crippen LogP contribution in [0.2, 0.25) is 0 Å². The second-order valence-electron chi connectivity index (χ2n) is 6.53. The summed E-state index contributed by atoms with van der Waals surface area (Å²) in [6.07, 6.45) is 5.72. The van der Waals surface area contributed by atoms with Gasteiger partial charge in [0.2, 0.25) is 0 Å². The van der Waals surface area contributed by atoms with E-state index in [9.17, 15) is 4.39 Å². The first-order chi connectivity index (χ1) is 14.7. The van der Waals surface area contributed by atoms with Gasteiger partial charge in [-0.15, -0.1) is 0 Å². The largest absolute Gasteiger partial charge is 0.493 e. The molecule has 1 aromatic heterocycles. The van der Waals surface area contributed by atoms with E-state index in [2.05, 4.69) is 20.6 Å². The number of halogens is 1. The summed E-state index contributed by atoms with van der Waals surface area (Å²) in [6.45, 7) is 1.68. The molecular formula is C22H26FN5O2. The number of methoxy groups -OCH3 is 1. The second-order valence-corrected chi connectivity index (χ2v) is 6.53. The lowest BCUT2D eigenvalue weighted by Gasteiger charge is -2.14. The van der Waals surface area contributed by atoms with Crippen molar-refractivity contribution in [3.63, 3.8) is 0 Å². The molecule has 0 saturated heterocycles. The fourth-order valence-electron chi connectivity index (χ4n) is 2.83. The minimum Gasteiger partial charge on any atom is -0.493 e. The lowest BCUT2D eigenvalue weighted by Crippen LogP contribution is -2.30. The highest BCUT2D eigenvalue weighted by Gasteiger charge is 2.07. The van der Waals surface area contributed by atoms with E-state index in [0.717, 1.165) is 23.4 Å². The summed E-state index contributed by atoms with van der Waals surface area (Å²) in [4.78, 5) is 8.17. The number of rotatable bonds is 9. The molecule has 2 aromatic carbocycles. The van der Waals surface area contributed by atoms with Crippen LogP contribution in [-0.4, -0.2) is 42.9 Å². The SMILES string of the molecule is CN=C(NCc1ccc(-n2ccnc2)c(F)c1)Nc1cccc(OCCCOC)c1. The Kier molecular flexibility index (Phi) is 7.79. The van der Waals surface area contributed by atoms with Crippen molar-refractivity contribution in [2.24, 2.45) is 4.99 Å². The van der Waals surface area contributed by atoms with Crippen LogP contribution in [0, 0.1) is 5.82 Å². The summed E-state index contributed by atoms with van der Waals surface area (Å²) >= 11 is 0. The highest BCUT2D eigenvalue weighted by atomic mass is 19.1. The van der Waals surface area contributed by atoms with Gasteiger partial charge in [-0.05, 0) is 29.8 Å². The van der Waals surface area contributed by atoms with E-state index in [1.807, 2.05) is 30.3 Å². The van der Waals surface area contributed by atoms with Crippen LogP contribution in [-0.2, 0) is 11.3 Å². The van der Waals surface area contributed by atoms with Crippen LogP contribution in [0.4, 0.5) is 10.1 Å². The number of ether oxygens (including phenoxy) is 2. The molecule has 0 spiro atoms. The van der Waals surface area contributed by atoms with Crippen LogP contribution in [0.15, 0.2) is 66.2 Å². The molecule has 7 nitrogen and oxygen atoms in total. The molecule has 0 saturated carbocycles. The van der Waals surface area contributed by atoms with E-state index >= 15 is 0 Å². The molecule has 0 aliphatic heterocycles. The zero-order chi connectivity index (χ0) is 21.2. The third-order valence-corrected chi connectivity index (χ3v) is 4.34. The molecule has 30 heavy (non-hydrogen) atoms. The Hall–Kier alpha value is -3.39. The maximum atomic E-state index is 14.4. The molecule has 1 heterocycles. The first-order valence-corrected chi connectivity index (χ1v) is 9.66. The second kappa shape index (κ2) is 11.0. The number of hydrogen-bond acceptors (Lipinski definition) is 4. The molecule has 0 bridgehead atoms. The van der Waals surface area contributed by atoms with Gasteiger partial charge < -0.3 is 24.7 Å². The van der Waals surface area contributed by atoms with E-state index < -0.39 is 0 Å². The Balaban J connectivity index is 1.56. The van der Waals surface area contributed by atoms with Gasteiger partial charge in [-0.3, -0.25) is 4.99 Å². The number of imidazole rings is 1. The molecule has 0 fully saturated rings. The number of guanidine groups is 1. The lowest BCUT2D eigenvalue weighted by atomic mass is 10.2. The molecule has 0 radical (unpaired) electrons. The summed E-state index contributed by atoms with van der Waals surface area (Å²) < 4.78 is 26.8. The predicted molar refractivity (Wildman–Crippen MR) is 116 cm³/mol. The quantitative estimate of drug-likeness (QED) is 0.320. The fourth-order valence-corrected chi connectivity index (χ4v) is 2.83. The van der Waals surface area contributed by atoms with Gasteiger partial charge in [0.25, 0.3) is 0 Å². The zero-order valence-electron chi connectivity index (χ0n) is 17.1. The Morgan fingerprint density at radius 3 is 2.83 bits per heavy atom. The molecular weight excluding hydrogens is 385 g/mol. The minimum absolute atomic E-state index is 0.312. The number of hydrogen-bond donors (Lipinski definition) is 2. The number of nitrogens with zero attached hydrogens (tertiary/aromatic N) is 3. The van der Waals surface area contributed by atoms with E-state index in [-0.39, 0.29) is 5.82 Å². The Bertz CT molecular complexity index is 960. The van der Waals surface area contributed by atoms with Crippen LogP contribution < -0.4 is 15.4 Å². The first-order valence-electron chi connectivity index (χ1n) is 9.66. The van der Waals surface area contributed by atoms with Crippen molar-refractivity contribution in [3.05, 3.63) is 72.6 Å². The highest BCUT2D eigenvalue weighted by molar-refractivity contribution is 5.93. The van der Waals surface area contributed by atoms with Crippen LogP contribution in [0.3, 0.4) is 0 Å². The number of aliphatic imine (C=N–C) groups is 1. The molecule has 3 aromatic rings. The zero-order valence-corrected chi connectivity index (χ0v) is 17.1. The average Bonchev–Trinajstić information content (AvgIpc) is 3.29. The third kappa shape index (κ3) is 6.05. The molecule has 0 aliphatic rings. The van der Waals surface area contributed by atoms with E-state index in [1.165, 1.54) is 6.07 Å². The Morgan fingerprint density at radius 2 is 2.10 bits per heavy atom. The van der Waals surface area contributed by atoms with Gasteiger partial charge in [-0.1, -0.05) is 12.1 Å². The van der Waals surface area contributed by atoms with Crippen molar-refractivity contribution < 1.29 is 13.9 Å². The molecule has 158 valence electrons. The normalized spacial score (nSPS) is 11.4. The summed E-state index contributed by atoms with van der Waals surface area (Å²) in [7, 11) is 3.36. The van der Waals surface area contributed by atoms with Crippen molar-refractivity contribution >= 4 is 11.6 Å². The van der Waals surface area contributed by atoms with Crippen LogP contribution >= 0.6 is 0 Å². The molecule has 0 amide bonds. The van der Waals surface area contributed by atoms with Gasteiger partial charge in [0, 0.05) is 57.9 Å². The monoisotopic (exact) mass is 411 g/mol. The van der Waals surface area contributed by atoms with Gasteiger partial charge in [-0.25, -0.2) is 9.37 Å². The van der Waals surface area contributed by atoms with Crippen molar-refractivity contribution in [1.29, 1.82) is 0 Å².